The number of benzene rings is 1. The number of nitro groups is 1. The van der Waals surface area contributed by atoms with E-state index in [0.29, 0.717) is 17.6 Å². The molecule has 0 bridgehead atoms. The van der Waals surface area contributed by atoms with Crippen molar-refractivity contribution >= 4 is 5.69 Å². The van der Waals surface area contributed by atoms with Gasteiger partial charge in [0.05, 0.1) is 4.92 Å². The van der Waals surface area contributed by atoms with Gasteiger partial charge in [0.15, 0.2) is 0 Å². The Bertz CT molecular complexity index is 691. The highest BCUT2D eigenvalue weighted by molar-refractivity contribution is 5.45. The fourth-order valence-corrected chi connectivity index (χ4v) is 1.78. The topological polar surface area (TPSA) is 46.4 Å². The lowest BCUT2D eigenvalue weighted by Crippen LogP contribution is -2.32. The molecule has 0 N–H and O–H groups in total. The lowest BCUT2D eigenvalue weighted by Gasteiger charge is -2.25. The van der Waals surface area contributed by atoms with Crippen molar-refractivity contribution in [3.05, 3.63) is 39.9 Å². The highest BCUT2D eigenvalue weighted by Crippen LogP contribution is 2.10. The molecule has 112 valence electrons. The van der Waals surface area contributed by atoms with Gasteiger partial charge >= 0.3 is 0 Å². The first-order valence-electron chi connectivity index (χ1n) is 6.96. The molecule has 22 heavy (non-hydrogen) atoms. The summed E-state index contributed by atoms with van der Waals surface area (Å²) in [5, 5.41) is 10.5. The number of non-ortho nitro benzene ring substituents is 1. The highest BCUT2D eigenvalue weighted by Gasteiger charge is 2.07. The predicted molar refractivity (Wildman–Crippen MR) is 87.6 cm³/mol. The summed E-state index contributed by atoms with van der Waals surface area (Å²) in [6.45, 7) is 8.32. The summed E-state index contributed by atoms with van der Waals surface area (Å²) in [5.74, 6) is 13.6. The predicted octanol–water partition coefficient (Wildman–Crippen LogP) is 3.03. The molecule has 0 atom stereocenters. The average Bonchev–Trinajstić information content (AvgIpc) is 2.46. The summed E-state index contributed by atoms with van der Waals surface area (Å²) < 4.78 is 0. The van der Waals surface area contributed by atoms with Gasteiger partial charge in [0, 0.05) is 47.7 Å². The SMILES string of the molecule is CC(C)N(C#CC#CC#Cc1ccc([N+](=O)[O-])cc1)C(C)C. The third kappa shape index (κ3) is 5.61. The van der Waals surface area contributed by atoms with Crippen LogP contribution in [0.4, 0.5) is 5.69 Å². The van der Waals surface area contributed by atoms with Crippen molar-refractivity contribution in [2.45, 2.75) is 39.8 Å². The minimum absolute atomic E-state index is 0.0463. The largest absolute Gasteiger partial charge is 0.327 e. The van der Waals surface area contributed by atoms with Crippen LogP contribution >= 0.6 is 0 Å². The van der Waals surface area contributed by atoms with Crippen molar-refractivity contribution in [3.63, 3.8) is 0 Å². The lowest BCUT2D eigenvalue weighted by molar-refractivity contribution is -0.384. The van der Waals surface area contributed by atoms with E-state index < -0.39 is 4.92 Å². The molecule has 0 aromatic heterocycles. The van der Waals surface area contributed by atoms with Gasteiger partial charge in [-0.1, -0.05) is 5.92 Å². The van der Waals surface area contributed by atoms with E-state index in [1.165, 1.54) is 12.1 Å². The standard InChI is InChI=1S/C18H18N2O2/c1-15(2)19(16(3)4)14-8-6-5-7-9-17-10-12-18(13-11-17)20(21)22/h10-13,15-16H,1-4H3. The Morgan fingerprint density at radius 1 is 0.955 bits per heavy atom. The number of nitrogens with zero attached hydrogens (tertiary/aromatic N) is 2. The van der Waals surface area contributed by atoms with Crippen molar-refractivity contribution in [2.24, 2.45) is 0 Å². The van der Waals surface area contributed by atoms with Crippen molar-refractivity contribution in [1.29, 1.82) is 0 Å². The van der Waals surface area contributed by atoms with Gasteiger partial charge in [-0.15, -0.1) is 0 Å². The quantitative estimate of drug-likeness (QED) is 0.372. The minimum atomic E-state index is -0.443. The number of nitro benzene ring substituents is 1. The fourth-order valence-electron chi connectivity index (χ4n) is 1.78. The Morgan fingerprint density at radius 3 is 2.00 bits per heavy atom. The molecule has 0 spiro atoms. The first kappa shape index (κ1) is 17.2. The number of hydrogen-bond acceptors (Lipinski definition) is 3. The van der Waals surface area contributed by atoms with Crippen LogP contribution in [-0.4, -0.2) is 21.9 Å². The van der Waals surface area contributed by atoms with Gasteiger partial charge in [-0.05, 0) is 51.7 Å². The van der Waals surface area contributed by atoms with E-state index in [1.54, 1.807) is 12.1 Å². The minimum Gasteiger partial charge on any atom is -0.327 e. The van der Waals surface area contributed by atoms with Crippen molar-refractivity contribution < 1.29 is 4.92 Å². The van der Waals surface area contributed by atoms with Gasteiger partial charge in [0.25, 0.3) is 5.69 Å². The van der Waals surface area contributed by atoms with E-state index in [0.717, 1.165) is 0 Å². The second-order valence-electron chi connectivity index (χ2n) is 5.14. The van der Waals surface area contributed by atoms with Gasteiger partial charge in [-0.3, -0.25) is 10.1 Å². The molecule has 0 aliphatic carbocycles. The Hall–Kier alpha value is -2.90. The Morgan fingerprint density at radius 2 is 1.50 bits per heavy atom. The number of rotatable bonds is 3. The molecule has 0 heterocycles. The van der Waals surface area contributed by atoms with Crippen LogP contribution in [0, 0.1) is 45.8 Å². The summed E-state index contributed by atoms with van der Waals surface area (Å²) in [7, 11) is 0. The average molecular weight is 294 g/mol. The van der Waals surface area contributed by atoms with E-state index in [9.17, 15) is 10.1 Å². The fraction of sp³-hybridized carbons (Fsp3) is 0.333. The molecule has 1 rings (SSSR count). The number of hydrogen-bond donors (Lipinski definition) is 0. The zero-order chi connectivity index (χ0) is 16.5. The van der Waals surface area contributed by atoms with Crippen LogP contribution in [0.5, 0.6) is 0 Å². The maximum atomic E-state index is 10.5. The Kier molecular flexibility index (Phi) is 6.55. The van der Waals surface area contributed by atoms with E-state index in [4.69, 9.17) is 0 Å². The van der Waals surface area contributed by atoms with Gasteiger partial charge < -0.3 is 4.90 Å². The van der Waals surface area contributed by atoms with Crippen LogP contribution in [0.25, 0.3) is 0 Å². The maximum Gasteiger partial charge on any atom is 0.269 e. The van der Waals surface area contributed by atoms with Crippen LogP contribution in [0.2, 0.25) is 0 Å². The van der Waals surface area contributed by atoms with E-state index in [2.05, 4.69) is 63.3 Å². The van der Waals surface area contributed by atoms with Crippen molar-refractivity contribution in [2.75, 3.05) is 0 Å². The summed E-state index contributed by atoms with van der Waals surface area (Å²) in [6.07, 6.45) is 0. The molecule has 0 saturated carbocycles. The molecule has 1 aromatic carbocycles. The second kappa shape index (κ2) is 8.40. The van der Waals surface area contributed by atoms with Crippen molar-refractivity contribution in [1.82, 2.24) is 4.90 Å². The summed E-state index contributed by atoms with van der Waals surface area (Å²) in [4.78, 5) is 12.1. The van der Waals surface area contributed by atoms with Gasteiger partial charge in [0.2, 0.25) is 0 Å². The summed E-state index contributed by atoms with van der Waals surface area (Å²) >= 11 is 0. The maximum absolute atomic E-state index is 10.5. The first-order chi connectivity index (χ1) is 10.4. The highest BCUT2D eigenvalue weighted by atomic mass is 16.6. The van der Waals surface area contributed by atoms with Crippen LogP contribution < -0.4 is 0 Å². The molecular weight excluding hydrogens is 276 g/mol. The first-order valence-corrected chi connectivity index (χ1v) is 6.96. The molecular formula is C18H18N2O2. The van der Waals surface area contributed by atoms with Crippen molar-refractivity contribution in [3.8, 4) is 35.6 Å². The molecule has 0 unspecified atom stereocenters. The van der Waals surface area contributed by atoms with E-state index >= 15 is 0 Å². The van der Waals surface area contributed by atoms with Gasteiger partial charge in [-0.25, -0.2) is 0 Å². The second-order valence-corrected chi connectivity index (χ2v) is 5.14. The zero-order valence-electron chi connectivity index (χ0n) is 13.2. The smallest absolute Gasteiger partial charge is 0.269 e. The Labute approximate surface area is 131 Å². The lowest BCUT2D eigenvalue weighted by atomic mass is 10.2. The van der Waals surface area contributed by atoms with Gasteiger partial charge in [0.1, 0.15) is 0 Å². The Balaban J connectivity index is 2.71. The summed E-state index contributed by atoms with van der Waals surface area (Å²) in [5.41, 5.74) is 0.726. The van der Waals surface area contributed by atoms with E-state index in [-0.39, 0.29) is 5.69 Å². The molecule has 0 aliphatic rings. The van der Waals surface area contributed by atoms with E-state index in [1.807, 2.05) is 4.90 Å². The molecule has 0 radical (unpaired) electrons. The zero-order valence-corrected chi connectivity index (χ0v) is 13.2. The van der Waals surface area contributed by atoms with Crippen LogP contribution in [-0.2, 0) is 0 Å². The molecule has 0 saturated heterocycles. The van der Waals surface area contributed by atoms with Gasteiger partial charge in [-0.2, -0.15) is 0 Å². The molecule has 4 nitrogen and oxygen atoms in total. The van der Waals surface area contributed by atoms with Crippen LogP contribution in [0.3, 0.4) is 0 Å². The normalized spacial score (nSPS) is 9.00. The molecule has 0 amide bonds. The molecule has 4 heteroatoms. The third-order valence-electron chi connectivity index (χ3n) is 2.77. The summed E-state index contributed by atoms with van der Waals surface area (Å²) in [6, 6.07) is 9.70. The molecule has 0 fully saturated rings. The molecule has 0 aliphatic heterocycles. The molecule has 1 aromatic rings. The third-order valence-corrected chi connectivity index (χ3v) is 2.77. The van der Waals surface area contributed by atoms with Crippen LogP contribution in [0.15, 0.2) is 24.3 Å². The monoisotopic (exact) mass is 294 g/mol. The van der Waals surface area contributed by atoms with Crippen LogP contribution in [0.1, 0.15) is 33.3 Å².